The average molecular weight is 377 g/mol. The van der Waals surface area contributed by atoms with Crippen molar-refractivity contribution in [3.05, 3.63) is 35.9 Å². The lowest BCUT2D eigenvalue weighted by Gasteiger charge is -2.19. The van der Waals surface area contributed by atoms with Crippen LogP contribution in [0.3, 0.4) is 0 Å². The summed E-state index contributed by atoms with van der Waals surface area (Å²) in [4.78, 5) is 47.5. The van der Waals surface area contributed by atoms with Gasteiger partial charge in [-0.15, -0.1) is 0 Å². The van der Waals surface area contributed by atoms with E-state index in [4.69, 9.17) is 0 Å². The lowest BCUT2D eigenvalue weighted by Crippen LogP contribution is -2.52. The van der Waals surface area contributed by atoms with Crippen molar-refractivity contribution in [3.8, 4) is 0 Å². The second-order valence-corrected chi connectivity index (χ2v) is 5.79. The van der Waals surface area contributed by atoms with Gasteiger partial charge in [-0.1, -0.05) is 30.3 Å². The van der Waals surface area contributed by atoms with Gasteiger partial charge >= 0.3 is 0 Å². The molecule has 5 N–H and O–H groups in total. The van der Waals surface area contributed by atoms with Gasteiger partial charge in [0.25, 0.3) is 0 Å². The Labute approximate surface area is 158 Å². The highest BCUT2D eigenvalue weighted by molar-refractivity contribution is 5.92. The fourth-order valence-corrected chi connectivity index (χ4v) is 2.26. The number of hydrogen-bond acceptors (Lipinski definition) is 5. The molecule has 0 fully saturated rings. The van der Waals surface area contributed by atoms with Crippen LogP contribution in [0.5, 0.6) is 0 Å². The van der Waals surface area contributed by atoms with Crippen LogP contribution in [0.4, 0.5) is 0 Å². The molecular formula is C18H27N5O4. The SMILES string of the molecule is CCNC(=O)CNC(=O)[C@H](Cc1ccccc1)NC(=O)CNC(=O)CNC. The summed E-state index contributed by atoms with van der Waals surface area (Å²) in [6.07, 6.45) is 0.262. The lowest BCUT2D eigenvalue weighted by molar-refractivity contribution is -0.130. The largest absolute Gasteiger partial charge is 0.355 e. The molecule has 0 saturated heterocycles. The predicted molar refractivity (Wildman–Crippen MR) is 101 cm³/mol. The first-order chi connectivity index (χ1) is 13.0. The maximum absolute atomic E-state index is 12.4. The van der Waals surface area contributed by atoms with Gasteiger partial charge in [-0.3, -0.25) is 19.2 Å². The summed E-state index contributed by atoms with van der Waals surface area (Å²) in [6, 6.07) is 8.33. The molecule has 0 aromatic heterocycles. The lowest BCUT2D eigenvalue weighted by atomic mass is 10.1. The minimum absolute atomic E-state index is 0.0910. The van der Waals surface area contributed by atoms with E-state index < -0.39 is 17.9 Å². The molecule has 9 heteroatoms. The van der Waals surface area contributed by atoms with Crippen molar-refractivity contribution in [1.82, 2.24) is 26.6 Å². The second kappa shape index (κ2) is 12.4. The van der Waals surface area contributed by atoms with E-state index in [1.807, 2.05) is 30.3 Å². The van der Waals surface area contributed by atoms with Crippen molar-refractivity contribution in [2.24, 2.45) is 0 Å². The molecule has 27 heavy (non-hydrogen) atoms. The number of likely N-dealkylation sites (N-methyl/N-ethyl adjacent to an activating group) is 2. The Kier molecular flexibility index (Phi) is 10.2. The fourth-order valence-electron chi connectivity index (χ4n) is 2.26. The van der Waals surface area contributed by atoms with Gasteiger partial charge in [0.2, 0.25) is 23.6 Å². The maximum atomic E-state index is 12.4. The quantitative estimate of drug-likeness (QED) is 0.314. The minimum atomic E-state index is -0.865. The zero-order valence-corrected chi connectivity index (χ0v) is 15.6. The highest BCUT2D eigenvalue weighted by Crippen LogP contribution is 2.03. The van der Waals surface area contributed by atoms with Gasteiger partial charge < -0.3 is 26.6 Å². The number of carbonyl (C=O) groups excluding carboxylic acids is 4. The van der Waals surface area contributed by atoms with E-state index in [9.17, 15) is 19.2 Å². The van der Waals surface area contributed by atoms with Crippen LogP contribution in [0.1, 0.15) is 12.5 Å². The van der Waals surface area contributed by atoms with Crippen molar-refractivity contribution in [3.63, 3.8) is 0 Å². The Morgan fingerprint density at radius 2 is 1.48 bits per heavy atom. The third kappa shape index (κ3) is 9.36. The molecule has 0 saturated carbocycles. The highest BCUT2D eigenvalue weighted by Gasteiger charge is 2.21. The van der Waals surface area contributed by atoms with Gasteiger partial charge in [0.05, 0.1) is 19.6 Å². The monoisotopic (exact) mass is 377 g/mol. The molecule has 0 spiro atoms. The number of carbonyl (C=O) groups is 4. The fraction of sp³-hybridized carbons (Fsp3) is 0.444. The Balaban J connectivity index is 2.66. The summed E-state index contributed by atoms with van der Waals surface area (Å²) in [5.41, 5.74) is 0.857. The number of nitrogens with one attached hydrogen (secondary N) is 5. The number of rotatable bonds is 11. The van der Waals surface area contributed by atoms with Gasteiger partial charge in [0.15, 0.2) is 0 Å². The molecule has 1 aromatic carbocycles. The normalized spacial score (nSPS) is 11.2. The zero-order valence-electron chi connectivity index (χ0n) is 15.6. The van der Waals surface area contributed by atoms with Gasteiger partial charge in [0.1, 0.15) is 6.04 Å². The summed E-state index contributed by atoms with van der Waals surface area (Å²) in [6.45, 7) is 1.92. The molecule has 148 valence electrons. The summed E-state index contributed by atoms with van der Waals surface area (Å²) in [5.74, 6) is -1.60. The van der Waals surface area contributed by atoms with Crippen molar-refractivity contribution < 1.29 is 19.2 Å². The summed E-state index contributed by atoms with van der Waals surface area (Å²) in [5, 5.41) is 12.8. The van der Waals surface area contributed by atoms with E-state index >= 15 is 0 Å². The summed E-state index contributed by atoms with van der Waals surface area (Å²) < 4.78 is 0. The topological polar surface area (TPSA) is 128 Å². The van der Waals surface area contributed by atoms with Crippen LogP contribution >= 0.6 is 0 Å². The minimum Gasteiger partial charge on any atom is -0.355 e. The van der Waals surface area contributed by atoms with Crippen molar-refractivity contribution in [2.45, 2.75) is 19.4 Å². The third-order valence-corrected chi connectivity index (χ3v) is 3.51. The van der Waals surface area contributed by atoms with Crippen LogP contribution in [0, 0.1) is 0 Å². The summed E-state index contributed by atoms with van der Waals surface area (Å²) >= 11 is 0. The van der Waals surface area contributed by atoms with Crippen LogP contribution < -0.4 is 26.6 Å². The van der Waals surface area contributed by atoms with E-state index in [-0.39, 0.29) is 37.9 Å². The van der Waals surface area contributed by atoms with E-state index in [0.717, 1.165) is 5.56 Å². The van der Waals surface area contributed by atoms with Crippen LogP contribution in [0.25, 0.3) is 0 Å². The van der Waals surface area contributed by atoms with Crippen molar-refractivity contribution in [1.29, 1.82) is 0 Å². The van der Waals surface area contributed by atoms with E-state index in [2.05, 4.69) is 26.6 Å². The molecule has 1 atom stereocenters. The average Bonchev–Trinajstić information content (AvgIpc) is 2.65. The molecule has 0 bridgehead atoms. The Bertz CT molecular complexity index is 636. The van der Waals surface area contributed by atoms with E-state index in [1.54, 1.807) is 14.0 Å². The number of benzene rings is 1. The van der Waals surface area contributed by atoms with Crippen molar-refractivity contribution >= 4 is 23.6 Å². The number of hydrogen-bond donors (Lipinski definition) is 5. The van der Waals surface area contributed by atoms with Crippen LogP contribution in [0.2, 0.25) is 0 Å². The molecular weight excluding hydrogens is 350 g/mol. The first-order valence-corrected chi connectivity index (χ1v) is 8.75. The molecule has 0 aliphatic carbocycles. The molecule has 9 nitrogen and oxygen atoms in total. The van der Waals surface area contributed by atoms with E-state index in [0.29, 0.717) is 6.54 Å². The van der Waals surface area contributed by atoms with Crippen LogP contribution in [-0.2, 0) is 25.6 Å². The molecule has 4 amide bonds. The first kappa shape index (κ1) is 22.1. The van der Waals surface area contributed by atoms with Crippen LogP contribution in [0.15, 0.2) is 30.3 Å². The Hall–Kier alpha value is -2.94. The van der Waals surface area contributed by atoms with Gasteiger partial charge in [-0.05, 0) is 19.5 Å². The molecule has 0 radical (unpaired) electrons. The standard InChI is InChI=1S/C18H27N5O4/c1-3-20-16(25)11-22-18(27)14(9-13-7-5-4-6-8-13)23-17(26)12-21-15(24)10-19-2/h4-8,14,19H,3,9-12H2,1-2H3,(H,20,25)(H,21,24)(H,22,27)(H,23,26)/t14-/m0/s1. The molecule has 0 aliphatic rings. The summed E-state index contributed by atoms with van der Waals surface area (Å²) in [7, 11) is 1.62. The molecule has 1 aromatic rings. The van der Waals surface area contributed by atoms with Crippen LogP contribution in [-0.4, -0.2) is 62.9 Å². The zero-order chi connectivity index (χ0) is 20.1. The van der Waals surface area contributed by atoms with Gasteiger partial charge in [0, 0.05) is 13.0 Å². The molecule has 0 unspecified atom stereocenters. The smallest absolute Gasteiger partial charge is 0.243 e. The Morgan fingerprint density at radius 1 is 0.852 bits per heavy atom. The van der Waals surface area contributed by atoms with Crippen molar-refractivity contribution in [2.75, 3.05) is 33.2 Å². The third-order valence-electron chi connectivity index (χ3n) is 3.51. The maximum Gasteiger partial charge on any atom is 0.243 e. The first-order valence-electron chi connectivity index (χ1n) is 8.75. The van der Waals surface area contributed by atoms with Gasteiger partial charge in [-0.2, -0.15) is 0 Å². The number of amides is 4. The highest BCUT2D eigenvalue weighted by atomic mass is 16.2. The predicted octanol–water partition coefficient (Wildman–Crippen LogP) is -1.70. The van der Waals surface area contributed by atoms with E-state index in [1.165, 1.54) is 0 Å². The molecule has 0 heterocycles. The molecule has 0 aliphatic heterocycles. The molecule has 1 rings (SSSR count). The second-order valence-electron chi connectivity index (χ2n) is 5.79. The Morgan fingerprint density at radius 3 is 2.11 bits per heavy atom. The van der Waals surface area contributed by atoms with Gasteiger partial charge in [-0.25, -0.2) is 0 Å².